The zero-order valence-electron chi connectivity index (χ0n) is 12.2. The van der Waals surface area contributed by atoms with Crippen molar-refractivity contribution in [1.82, 2.24) is 10.3 Å². The van der Waals surface area contributed by atoms with Gasteiger partial charge in [0.15, 0.2) is 0 Å². The molecule has 4 nitrogen and oxygen atoms in total. The molecule has 2 N–H and O–H groups in total. The van der Waals surface area contributed by atoms with E-state index in [0.29, 0.717) is 11.4 Å². The highest BCUT2D eigenvalue weighted by Crippen LogP contribution is 2.12. The Morgan fingerprint density at radius 1 is 1.32 bits per heavy atom. The van der Waals surface area contributed by atoms with Gasteiger partial charge in [-0.1, -0.05) is 27.2 Å². The minimum Gasteiger partial charge on any atom is -0.369 e. The van der Waals surface area contributed by atoms with Crippen LogP contribution in [0.15, 0.2) is 18.3 Å². The van der Waals surface area contributed by atoms with Crippen LogP contribution in [-0.2, 0) is 0 Å². The molecule has 0 aliphatic carbocycles. The van der Waals surface area contributed by atoms with E-state index in [9.17, 15) is 4.79 Å². The van der Waals surface area contributed by atoms with Crippen LogP contribution in [0.2, 0.25) is 0 Å². The van der Waals surface area contributed by atoms with E-state index in [-0.39, 0.29) is 11.9 Å². The zero-order chi connectivity index (χ0) is 14.1. The summed E-state index contributed by atoms with van der Waals surface area (Å²) in [6.07, 6.45) is 5.76. The second-order valence-electron chi connectivity index (χ2n) is 4.69. The van der Waals surface area contributed by atoms with Gasteiger partial charge in [-0.25, -0.2) is 4.98 Å². The summed E-state index contributed by atoms with van der Waals surface area (Å²) >= 11 is 0. The number of anilines is 1. The van der Waals surface area contributed by atoms with Gasteiger partial charge in [-0.05, 0) is 31.4 Å². The van der Waals surface area contributed by atoms with E-state index < -0.39 is 0 Å². The van der Waals surface area contributed by atoms with Crippen molar-refractivity contribution in [2.75, 3.05) is 11.9 Å². The van der Waals surface area contributed by atoms with Gasteiger partial charge < -0.3 is 10.6 Å². The van der Waals surface area contributed by atoms with Gasteiger partial charge in [0.1, 0.15) is 5.82 Å². The summed E-state index contributed by atoms with van der Waals surface area (Å²) < 4.78 is 0. The Morgan fingerprint density at radius 3 is 2.74 bits per heavy atom. The van der Waals surface area contributed by atoms with E-state index in [1.165, 1.54) is 0 Å². The molecule has 0 radical (unpaired) electrons. The fraction of sp³-hybridized carbons (Fsp3) is 0.600. The van der Waals surface area contributed by atoms with Gasteiger partial charge in [0.05, 0.1) is 5.56 Å². The number of carbonyl (C=O) groups excluding carboxylic acids is 1. The minimum atomic E-state index is -0.0352. The lowest BCUT2D eigenvalue weighted by Crippen LogP contribution is -2.34. The van der Waals surface area contributed by atoms with Gasteiger partial charge in [-0.15, -0.1) is 0 Å². The molecule has 1 aromatic heterocycles. The van der Waals surface area contributed by atoms with Crippen molar-refractivity contribution in [3.05, 3.63) is 23.9 Å². The number of hydrogen-bond donors (Lipinski definition) is 2. The summed E-state index contributed by atoms with van der Waals surface area (Å²) in [4.78, 5) is 16.5. The Kier molecular flexibility index (Phi) is 6.93. The number of pyridine rings is 1. The van der Waals surface area contributed by atoms with Crippen LogP contribution in [-0.4, -0.2) is 23.5 Å². The van der Waals surface area contributed by atoms with Gasteiger partial charge in [0, 0.05) is 18.8 Å². The van der Waals surface area contributed by atoms with Crippen LogP contribution < -0.4 is 10.6 Å². The fourth-order valence-corrected chi connectivity index (χ4v) is 1.96. The second-order valence-corrected chi connectivity index (χ2v) is 4.69. The van der Waals surface area contributed by atoms with Gasteiger partial charge >= 0.3 is 0 Å². The maximum absolute atomic E-state index is 12.3. The van der Waals surface area contributed by atoms with Gasteiger partial charge in [0.25, 0.3) is 5.91 Å². The van der Waals surface area contributed by atoms with Crippen molar-refractivity contribution in [3.8, 4) is 0 Å². The summed E-state index contributed by atoms with van der Waals surface area (Å²) in [6, 6.07) is 3.86. The summed E-state index contributed by atoms with van der Waals surface area (Å²) in [5.74, 6) is 0.639. The van der Waals surface area contributed by atoms with Crippen LogP contribution in [0.3, 0.4) is 0 Å². The molecular formula is C15H25N3O. The standard InChI is InChI=1S/C15H25N3O/c1-4-8-12(6-3)18-15(19)13-9-7-11-17-14(13)16-10-5-2/h7,9,11-12H,4-6,8,10H2,1-3H3,(H,16,17)(H,18,19). The first kappa shape index (κ1) is 15.5. The molecule has 0 aliphatic heterocycles. The monoisotopic (exact) mass is 263 g/mol. The number of nitrogens with zero attached hydrogens (tertiary/aromatic N) is 1. The topological polar surface area (TPSA) is 54.0 Å². The van der Waals surface area contributed by atoms with Gasteiger partial charge in [-0.2, -0.15) is 0 Å². The molecule has 1 unspecified atom stereocenters. The van der Waals surface area contributed by atoms with Crippen LogP contribution in [0.1, 0.15) is 56.8 Å². The second kappa shape index (κ2) is 8.51. The van der Waals surface area contributed by atoms with Crippen molar-refractivity contribution >= 4 is 11.7 Å². The normalized spacial score (nSPS) is 11.9. The molecule has 19 heavy (non-hydrogen) atoms. The quantitative estimate of drug-likeness (QED) is 0.757. The van der Waals surface area contributed by atoms with Crippen molar-refractivity contribution in [1.29, 1.82) is 0 Å². The highest BCUT2D eigenvalue weighted by molar-refractivity contribution is 5.98. The van der Waals surface area contributed by atoms with E-state index >= 15 is 0 Å². The number of rotatable bonds is 8. The van der Waals surface area contributed by atoms with Crippen molar-refractivity contribution in [2.45, 2.75) is 52.5 Å². The van der Waals surface area contributed by atoms with Crippen LogP contribution >= 0.6 is 0 Å². The molecule has 1 atom stereocenters. The minimum absolute atomic E-state index is 0.0352. The zero-order valence-corrected chi connectivity index (χ0v) is 12.2. The average Bonchev–Trinajstić information content (AvgIpc) is 2.44. The molecule has 1 aromatic rings. The maximum atomic E-state index is 12.3. The van der Waals surface area contributed by atoms with Gasteiger partial charge in [-0.3, -0.25) is 4.79 Å². The molecule has 0 spiro atoms. The van der Waals surface area contributed by atoms with Crippen molar-refractivity contribution < 1.29 is 4.79 Å². The number of aromatic nitrogens is 1. The van der Waals surface area contributed by atoms with Crippen molar-refractivity contribution in [2.24, 2.45) is 0 Å². The molecule has 1 amide bonds. The first-order chi connectivity index (χ1) is 9.22. The lowest BCUT2D eigenvalue weighted by Gasteiger charge is -2.17. The predicted octanol–water partition coefficient (Wildman–Crippen LogP) is 3.21. The molecule has 0 saturated carbocycles. The summed E-state index contributed by atoms with van der Waals surface area (Å²) in [6.45, 7) is 7.14. The molecule has 0 aliphatic rings. The Morgan fingerprint density at radius 2 is 2.11 bits per heavy atom. The Balaban J connectivity index is 2.75. The number of nitrogens with one attached hydrogen (secondary N) is 2. The van der Waals surface area contributed by atoms with E-state index in [1.807, 2.05) is 6.07 Å². The molecule has 1 heterocycles. The third-order valence-electron chi connectivity index (χ3n) is 3.06. The Bertz CT molecular complexity index is 393. The first-order valence-electron chi connectivity index (χ1n) is 7.22. The average molecular weight is 263 g/mol. The molecule has 0 saturated heterocycles. The van der Waals surface area contributed by atoms with E-state index in [4.69, 9.17) is 0 Å². The number of hydrogen-bond acceptors (Lipinski definition) is 3. The highest BCUT2D eigenvalue weighted by Gasteiger charge is 2.15. The molecule has 0 bridgehead atoms. The summed E-state index contributed by atoms with van der Waals surface area (Å²) in [7, 11) is 0. The molecule has 0 aromatic carbocycles. The SMILES string of the molecule is CCCNc1ncccc1C(=O)NC(CC)CCC. The predicted molar refractivity (Wildman–Crippen MR) is 79.5 cm³/mol. The lowest BCUT2D eigenvalue weighted by molar-refractivity contribution is 0.0934. The molecule has 1 rings (SSSR count). The third kappa shape index (κ3) is 4.89. The fourth-order valence-electron chi connectivity index (χ4n) is 1.96. The largest absolute Gasteiger partial charge is 0.369 e. The summed E-state index contributed by atoms with van der Waals surface area (Å²) in [5.41, 5.74) is 0.630. The molecule has 4 heteroatoms. The molecule has 0 fully saturated rings. The number of amides is 1. The van der Waals surface area contributed by atoms with Crippen LogP contribution in [0.25, 0.3) is 0 Å². The van der Waals surface area contributed by atoms with Gasteiger partial charge in [0.2, 0.25) is 0 Å². The first-order valence-corrected chi connectivity index (χ1v) is 7.22. The van der Waals surface area contributed by atoms with Crippen LogP contribution in [0.5, 0.6) is 0 Å². The number of carbonyl (C=O) groups is 1. The van der Waals surface area contributed by atoms with Crippen molar-refractivity contribution in [3.63, 3.8) is 0 Å². The van der Waals surface area contributed by atoms with E-state index in [1.54, 1.807) is 12.3 Å². The highest BCUT2D eigenvalue weighted by atomic mass is 16.1. The van der Waals surface area contributed by atoms with Crippen LogP contribution in [0, 0.1) is 0 Å². The molecule has 106 valence electrons. The summed E-state index contributed by atoms with van der Waals surface area (Å²) in [5, 5.41) is 6.28. The Hall–Kier alpha value is -1.58. The lowest BCUT2D eigenvalue weighted by atomic mass is 10.1. The third-order valence-corrected chi connectivity index (χ3v) is 3.06. The van der Waals surface area contributed by atoms with Crippen LogP contribution in [0.4, 0.5) is 5.82 Å². The van der Waals surface area contributed by atoms with E-state index in [0.717, 1.165) is 32.2 Å². The van der Waals surface area contributed by atoms with E-state index in [2.05, 4.69) is 36.4 Å². The maximum Gasteiger partial charge on any atom is 0.255 e. The molecular weight excluding hydrogens is 238 g/mol. The smallest absolute Gasteiger partial charge is 0.255 e. The Labute approximate surface area is 116 Å².